The Balaban J connectivity index is 2.13. The summed E-state index contributed by atoms with van der Waals surface area (Å²) in [5.74, 6) is -0.215. The van der Waals surface area contributed by atoms with E-state index in [4.69, 9.17) is 5.11 Å². The Morgan fingerprint density at radius 3 is 2.45 bits per heavy atom. The Morgan fingerprint density at radius 1 is 1.25 bits per heavy atom. The number of urea groups is 1. The van der Waals surface area contributed by atoms with Gasteiger partial charge in [-0.25, -0.2) is 9.59 Å². The summed E-state index contributed by atoms with van der Waals surface area (Å²) in [5.41, 5.74) is 0. The molecule has 0 heterocycles. The Bertz CT molecular complexity index is 361. The van der Waals surface area contributed by atoms with Crippen molar-refractivity contribution >= 4 is 29.7 Å². The predicted octanol–water partition coefficient (Wildman–Crippen LogP) is 0.0181. The van der Waals surface area contributed by atoms with E-state index in [9.17, 15) is 14.4 Å². The molecule has 1 unspecified atom stereocenters. The maximum atomic E-state index is 11.5. The van der Waals surface area contributed by atoms with Gasteiger partial charge >= 0.3 is 12.0 Å². The summed E-state index contributed by atoms with van der Waals surface area (Å²) in [7, 11) is 0. The van der Waals surface area contributed by atoms with E-state index in [1.807, 2.05) is 6.26 Å². The number of carbonyl (C=O) groups excluding carboxylic acids is 2. The van der Waals surface area contributed by atoms with E-state index in [2.05, 4.69) is 16.0 Å². The summed E-state index contributed by atoms with van der Waals surface area (Å²) in [6.07, 6.45) is 4.13. The van der Waals surface area contributed by atoms with Gasteiger partial charge in [-0.2, -0.15) is 11.8 Å². The predicted molar refractivity (Wildman–Crippen MR) is 76.7 cm³/mol. The molecule has 0 radical (unpaired) electrons. The molecule has 3 amide bonds. The van der Waals surface area contributed by atoms with Crippen LogP contribution in [0.3, 0.4) is 0 Å². The van der Waals surface area contributed by atoms with Crippen molar-refractivity contribution in [3.63, 3.8) is 0 Å². The highest BCUT2D eigenvalue weighted by molar-refractivity contribution is 7.98. The molecule has 7 nitrogen and oxygen atoms in total. The van der Waals surface area contributed by atoms with E-state index < -0.39 is 18.0 Å². The average molecular weight is 303 g/mol. The summed E-state index contributed by atoms with van der Waals surface area (Å²) in [6.45, 7) is 0.629. The third-order valence-electron chi connectivity index (χ3n) is 2.87. The van der Waals surface area contributed by atoms with Gasteiger partial charge in [0, 0.05) is 19.0 Å². The van der Waals surface area contributed by atoms with Gasteiger partial charge in [0.15, 0.2) is 0 Å². The molecule has 0 saturated heterocycles. The third-order valence-corrected chi connectivity index (χ3v) is 3.52. The smallest absolute Gasteiger partial charge is 0.326 e. The zero-order valence-corrected chi connectivity index (χ0v) is 12.3. The van der Waals surface area contributed by atoms with Gasteiger partial charge < -0.3 is 21.1 Å². The van der Waals surface area contributed by atoms with Crippen molar-refractivity contribution in [2.24, 2.45) is 5.92 Å². The SMILES string of the molecule is CSCCC(NC(=O)NCCNC(=O)C1CC1)C(=O)O. The highest BCUT2D eigenvalue weighted by Gasteiger charge is 2.29. The first-order valence-corrected chi connectivity index (χ1v) is 7.97. The fraction of sp³-hybridized carbons (Fsp3) is 0.750. The molecule has 1 aliphatic carbocycles. The van der Waals surface area contributed by atoms with Crippen LogP contribution in [0.5, 0.6) is 0 Å². The summed E-state index contributed by atoms with van der Waals surface area (Å²) in [4.78, 5) is 33.8. The van der Waals surface area contributed by atoms with Gasteiger partial charge in [0.05, 0.1) is 0 Å². The van der Waals surface area contributed by atoms with Crippen LogP contribution in [0.1, 0.15) is 19.3 Å². The number of carboxylic acid groups (broad SMARTS) is 1. The molecule has 0 aliphatic heterocycles. The van der Waals surface area contributed by atoms with Gasteiger partial charge in [0.2, 0.25) is 5.91 Å². The largest absolute Gasteiger partial charge is 0.480 e. The number of hydrogen-bond acceptors (Lipinski definition) is 4. The number of thioether (sulfide) groups is 1. The quantitative estimate of drug-likeness (QED) is 0.449. The number of carboxylic acids is 1. The van der Waals surface area contributed by atoms with Crippen molar-refractivity contribution in [2.75, 3.05) is 25.1 Å². The molecule has 1 rings (SSSR count). The van der Waals surface area contributed by atoms with E-state index in [1.165, 1.54) is 11.8 Å². The Morgan fingerprint density at radius 2 is 1.90 bits per heavy atom. The summed E-state index contributed by atoms with van der Waals surface area (Å²) in [6, 6.07) is -1.41. The normalized spacial score (nSPS) is 15.2. The molecule has 0 bridgehead atoms. The van der Waals surface area contributed by atoms with Crippen molar-refractivity contribution < 1.29 is 19.5 Å². The number of nitrogens with one attached hydrogen (secondary N) is 3. The first kappa shape index (κ1) is 16.6. The zero-order chi connectivity index (χ0) is 15.0. The van der Waals surface area contributed by atoms with E-state index in [0.717, 1.165) is 12.8 Å². The van der Waals surface area contributed by atoms with Crippen LogP contribution in [0.15, 0.2) is 0 Å². The molecule has 4 N–H and O–H groups in total. The van der Waals surface area contributed by atoms with Crippen molar-refractivity contribution in [2.45, 2.75) is 25.3 Å². The summed E-state index contributed by atoms with van der Waals surface area (Å²) < 4.78 is 0. The molecule has 0 aromatic rings. The van der Waals surface area contributed by atoms with Crippen LogP contribution in [-0.2, 0) is 9.59 Å². The van der Waals surface area contributed by atoms with Gasteiger partial charge in [0.1, 0.15) is 6.04 Å². The van der Waals surface area contributed by atoms with Crippen molar-refractivity contribution in [1.82, 2.24) is 16.0 Å². The fourth-order valence-electron chi connectivity index (χ4n) is 1.55. The second kappa shape index (κ2) is 8.68. The molecular formula is C12H21N3O4S. The van der Waals surface area contributed by atoms with Crippen LogP contribution < -0.4 is 16.0 Å². The standard InChI is InChI=1S/C12H21N3O4S/c1-20-7-4-9(11(17)18)15-12(19)14-6-5-13-10(16)8-2-3-8/h8-9H,2-7H2,1H3,(H,13,16)(H,17,18)(H2,14,15,19). The van der Waals surface area contributed by atoms with Crippen molar-refractivity contribution in [3.05, 3.63) is 0 Å². The molecule has 8 heteroatoms. The molecule has 20 heavy (non-hydrogen) atoms. The zero-order valence-electron chi connectivity index (χ0n) is 11.5. The Kier molecular flexibility index (Phi) is 7.21. The molecule has 1 atom stereocenters. The Labute approximate surface area is 122 Å². The molecular weight excluding hydrogens is 282 g/mol. The van der Waals surface area contributed by atoms with Gasteiger partial charge in [-0.3, -0.25) is 4.79 Å². The van der Waals surface area contributed by atoms with E-state index in [1.54, 1.807) is 0 Å². The second-order valence-corrected chi connectivity index (χ2v) is 5.62. The van der Waals surface area contributed by atoms with E-state index in [0.29, 0.717) is 18.7 Å². The molecule has 114 valence electrons. The molecule has 1 fully saturated rings. The topological polar surface area (TPSA) is 108 Å². The Hall–Kier alpha value is -1.44. The van der Waals surface area contributed by atoms with Crippen LogP contribution in [-0.4, -0.2) is 54.2 Å². The van der Waals surface area contributed by atoms with Gasteiger partial charge in [-0.15, -0.1) is 0 Å². The lowest BCUT2D eigenvalue weighted by atomic mass is 10.2. The molecule has 0 aromatic heterocycles. The monoisotopic (exact) mass is 303 g/mol. The maximum Gasteiger partial charge on any atom is 0.326 e. The minimum Gasteiger partial charge on any atom is -0.480 e. The minimum atomic E-state index is -1.05. The maximum absolute atomic E-state index is 11.5. The van der Waals surface area contributed by atoms with Gasteiger partial charge in [-0.1, -0.05) is 0 Å². The van der Waals surface area contributed by atoms with E-state index in [-0.39, 0.29) is 18.4 Å². The van der Waals surface area contributed by atoms with Crippen molar-refractivity contribution in [1.29, 1.82) is 0 Å². The number of aliphatic carboxylic acids is 1. The van der Waals surface area contributed by atoms with Crippen LogP contribution >= 0.6 is 11.8 Å². The summed E-state index contributed by atoms with van der Waals surface area (Å²) >= 11 is 1.53. The van der Waals surface area contributed by atoms with E-state index >= 15 is 0 Å². The highest BCUT2D eigenvalue weighted by atomic mass is 32.2. The van der Waals surface area contributed by atoms with Crippen LogP contribution in [0.25, 0.3) is 0 Å². The molecule has 0 aromatic carbocycles. The number of carbonyl (C=O) groups is 3. The number of hydrogen-bond donors (Lipinski definition) is 4. The first-order valence-electron chi connectivity index (χ1n) is 6.58. The lowest BCUT2D eigenvalue weighted by Gasteiger charge is -2.14. The molecule has 1 saturated carbocycles. The average Bonchev–Trinajstić information content (AvgIpc) is 3.23. The van der Waals surface area contributed by atoms with Crippen LogP contribution in [0, 0.1) is 5.92 Å². The fourth-order valence-corrected chi connectivity index (χ4v) is 2.03. The molecule has 1 aliphatic rings. The summed E-state index contributed by atoms with van der Waals surface area (Å²) in [5, 5.41) is 16.6. The van der Waals surface area contributed by atoms with Crippen LogP contribution in [0.2, 0.25) is 0 Å². The van der Waals surface area contributed by atoms with Gasteiger partial charge in [0.25, 0.3) is 0 Å². The lowest BCUT2D eigenvalue weighted by molar-refractivity contribution is -0.139. The minimum absolute atomic E-state index is 0.0237. The van der Waals surface area contributed by atoms with Crippen LogP contribution in [0.4, 0.5) is 4.79 Å². The van der Waals surface area contributed by atoms with Gasteiger partial charge in [-0.05, 0) is 31.3 Å². The lowest BCUT2D eigenvalue weighted by Crippen LogP contribution is -2.47. The first-order chi connectivity index (χ1) is 9.54. The number of amides is 3. The number of rotatable bonds is 9. The highest BCUT2D eigenvalue weighted by Crippen LogP contribution is 2.28. The molecule has 0 spiro atoms. The second-order valence-electron chi connectivity index (χ2n) is 4.64. The third kappa shape index (κ3) is 6.65. The van der Waals surface area contributed by atoms with Crippen molar-refractivity contribution in [3.8, 4) is 0 Å².